The fourth-order valence-corrected chi connectivity index (χ4v) is 4.66. The SMILES string of the molecule is CC(C)(C)C(C)(CCC(C)(C(=O)OCC1CCCCC1)C(C)(C)C)C(=O)OCc1ccccc1. The van der Waals surface area contributed by atoms with Gasteiger partial charge in [-0.05, 0) is 61.8 Å². The lowest BCUT2D eigenvalue weighted by Crippen LogP contribution is -2.46. The Labute approximate surface area is 208 Å². The van der Waals surface area contributed by atoms with Crippen molar-refractivity contribution >= 4 is 11.9 Å². The Kier molecular flexibility index (Phi) is 9.41. The number of hydrogen-bond donors (Lipinski definition) is 0. The van der Waals surface area contributed by atoms with E-state index in [9.17, 15) is 9.59 Å². The molecule has 0 bridgehead atoms. The summed E-state index contributed by atoms with van der Waals surface area (Å²) in [5, 5.41) is 0. The number of benzene rings is 1. The molecule has 0 spiro atoms. The first-order valence-electron chi connectivity index (χ1n) is 13.1. The first-order valence-corrected chi connectivity index (χ1v) is 13.1. The van der Waals surface area contributed by atoms with Crippen molar-refractivity contribution in [3.63, 3.8) is 0 Å². The van der Waals surface area contributed by atoms with Gasteiger partial charge in [0.05, 0.1) is 17.4 Å². The molecule has 34 heavy (non-hydrogen) atoms. The molecule has 2 rings (SSSR count). The van der Waals surface area contributed by atoms with Crippen LogP contribution in [0.5, 0.6) is 0 Å². The maximum atomic E-state index is 13.5. The monoisotopic (exact) mass is 472 g/mol. The van der Waals surface area contributed by atoms with Crippen LogP contribution in [0.2, 0.25) is 0 Å². The average Bonchev–Trinajstić information content (AvgIpc) is 2.78. The van der Waals surface area contributed by atoms with Gasteiger partial charge in [-0.15, -0.1) is 0 Å². The molecule has 1 aromatic rings. The molecule has 0 heterocycles. The summed E-state index contributed by atoms with van der Waals surface area (Å²) in [6.45, 7) is 17.3. The Morgan fingerprint density at radius 1 is 0.735 bits per heavy atom. The zero-order chi connectivity index (χ0) is 25.6. The van der Waals surface area contributed by atoms with Gasteiger partial charge in [-0.3, -0.25) is 9.59 Å². The molecule has 2 unspecified atom stereocenters. The minimum atomic E-state index is -0.738. The minimum Gasteiger partial charge on any atom is -0.465 e. The summed E-state index contributed by atoms with van der Waals surface area (Å²) < 4.78 is 11.7. The molecular formula is C30H48O4. The molecule has 192 valence electrons. The number of rotatable bonds is 9. The highest BCUT2D eigenvalue weighted by Crippen LogP contribution is 2.50. The third-order valence-electron chi connectivity index (χ3n) is 8.72. The van der Waals surface area contributed by atoms with Crippen molar-refractivity contribution < 1.29 is 19.1 Å². The molecule has 2 atom stereocenters. The van der Waals surface area contributed by atoms with Crippen LogP contribution in [0.4, 0.5) is 0 Å². The number of ether oxygens (including phenoxy) is 2. The van der Waals surface area contributed by atoms with E-state index in [2.05, 4.69) is 41.5 Å². The van der Waals surface area contributed by atoms with Crippen LogP contribution >= 0.6 is 0 Å². The van der Waals surface area contributed by atoms with Gasteiger partial charge in [0.1, 0.15) is 6.61 Å². The van der Waals surface area contributed by atoms with Crippen LogP contribution in [0.1, 0.15) is 106 Å². The number of carbonyl (C=O) groups excluding carboxylic acids is 2. The maximum Gasteiger partial charge on any atom is 0.312 e. The number of esters is 2. The normalized spacial score (nSPS) is 19.1. The van der Waals surface area contributed by atoms with Gasteiger partial charge >= 0.3 is 11.9 Å². The largest absolute Gasteiger partial charge is 0.465 e. The maximum absolute atomic E-state index is 13.5. The molecule has 0 aromatic heterocycles. The van der Waals surface area contributed by atoms with Gasteiger partial charge in [-0.2, -0.15) is 0 Å². The molecule has 1 saturated carbocycles. The summed E-state index contributed by atoms with van der Waals surface area (Å²) in [7, 11) is 0. The molecule has 1 aliphatic carbocycles. The molecule has 1 aromatic carbocycles. The highest BCUT2D eigenvalue weighted by molar-refractivity contribution is 5.79. The third-order valence-corrected chi connectivity index (χ3v) is 8.72. The Hall–Kier alpha value is -1.84. The topological polar surface area (TPSA) is 52.6 Å². The summed E-state index contributed by atoms with van der Waals surface area (Å²) in [4.78, 5) is 26.9. The van der Waals surface area contributed by atoms with Crippen LogP contribution in [0.25, 0.3) is 0 Å². The Morgan fingerprint density at radius 2 is 1.21 bits per heavy atom. The molecule has 4 heteroatoms. The van der Waals surface area contributed by atoms with Crippen LogP contribution in [-0.4, -0.2) is 18.5 Å². The van der Waals surface area contributed by atoms with Crippen LogP contribution in [0.15, 0.2) is 30.3 Å². The third kappa shape index (κ3) is 6.86. The fraction of sp³-hybridized carbons (Fsp3) is 0.733. The Bertz CT molecular complexity index is 795. The summed E-state index contributed by atoms with van der Waals surface area (Å²) in [5.74, 6) is 0.130. The van der Waals surface area contributed by atoms with Gasteiger partial charge in [-0.25, -0.2) is 0 Å². The van der Waals surface area contributed by atoms with Crippen LogP contribution < -0.4 is 0 Å². The fourth-order valence-electron chi connectivity index (χ4n) is 4.66. The summed E-state index contributed by atoms with van der Waals surface area (Å²) >= 11 is 0. The lowest BCUT2D eigenvalue weighted by Gasteiger charge is -2.45. The number of hydrogen-bond acceptors (Lipinski definition) is 4. The van der Waals surface area contributed by atoms with Crippen LogP contribution in [0.3, 0.4) is 0 Å². The quantitative estimate of drug-likeness (QED) is 0.345. The average molecular weight is 473 g/mol. The zero-order valence-electron chi connectivity index (χ0n) is 23.0. The van der Waals surface area contributed by atoms with Crippen molar-refractivity contribution in [2.45, 2.75) is 107 Å². The Balaban J connectivity index is 2.14. The van der Waals surface area contributed by atoms with Crippen molar-refractivity contribution in [3.05, 3.63) is 35.9 Å². The molecule has 0 saturated heterocycles. The van der Waals surface area contributed by atoms with E-state index in [1.165, 1.54) is 19.3 Å². The minimum absolute atomic E-state index is 0.139. The molecule has 1 fully saturated rings. The van der Waals surface area contributed by atoms with E-state index in [0.717, 1.165) is 18.4 Å². The van der Waals surface area contributed by atoms with Crippen LogP contribution in [-0.2, 0) is 25.7 Å². The molecule has 0 amide bonds. The van der Waals surface area contributed by atoms with Crippen molar-refractivity contribution in [1.82, 2.24) is 0 Å². The van der Waals surface area contributed by atoms with E-state index in [1.807, 2.05) is 44.2 Å². The van der Waals surface area contributed by atoms with Gasteiger partial charge in [0.15, 0.2) is 0 Å². The lowest BCUT2D eigenvalue weighted by molar-refractivity contribution is -0.171. The van der Waals surface area contributed by atoms with Crippen molar-refractivity contribution in [3.8, 4) is 0 Å². The highest BCUT2D eigenvalue weighted by Gasteiger charge is 2.51. The molecule has 0 aliphatic heterocycles. The second-order valence-corrected chi connectivity index (χ2v) is 12.8. The molecule has 4 nitrogen and oxygen atoms in total. The van der Waals surface area contributed by atoms with Gasteiger partial charge in [0.2, 0.25) is 0 Å². The number of carbonyl (C=O) groups is 2. The van der Waals surface area contributed by atoms with E-state index in [0.29, 0.717) is 25.4 Å². The van der Waals surface area contributed by atoms with Crippen molar-refractivity contribution in [2.24, 2.45) is 27.6 Å². The van der Waals surface area contributed by atoms with E-state index in [-0.39, 0.29) is 29.4 Å². The standard InChI is InChI=1S/C30H48O4/c1-27(2,3)29(7,25(31)33-21-23-15-11-9-12-16-23)19-20-30(8,28(4,5)6)26(32)34-22-24-17-13-10-14-18-24/h9,11-12,15-16,24H,10,13-14,17-22H2,1-8H3. The van der Waals surface area contributed by atoms with E-state index >= 15 is 0 Å². The van der Waals surface area contributed by atoms with Crippen molar-refractivity contribution in [2.75, 3.05) is 6.61 Å². The highest BCUT2D eigenvalue weighted by atomic mass is 16.5. The molecule has 1 aliphatic rings. The van der Waals surface area contributed by atoms with E-state index < -0.39 is 10.8 Å². The summed E-state index contributed by atoms with van der Waals surface area (Å²) in [6.07, 6.45) is 7.16. The predicted octanol–water partition coefficient (Wildman–Crippen LogP) is 7.74. The zero-order valence-corrected chi connectivity index (χ0v) is 23.0. The van der Waals surface area contributed by atoms with Crippen molar-refractivity contribution in [1.29, 1.82) is 0 Å². The van der Waals surface area contributed by atoms with Gasteiger partial charge in [-0.1, -0.05) is 91.1 Å². The first-order chi connectivity index (χ1) is 15.7. The predicted molar refractivity (Wildman–Crippen MR) is 138 cm³/mol. The first kappa shape index (κ1) is 28.4. The van der Waals surface area contributed by atoms with Gasteiger partial charge in [0, 0.05) is 0 Å². The molecule has 0 radical (unpaired) electrons. The molecular weight excluding hydrogens is 424 g/mol. The summed E-state index contributed by atoms with van der Waals surface area (Å²) in [6, 6.07) is 9.76. The van der Waals surface area contributed by atoms with Crippen LogP contribution in [0, 0.1) is 27.6 Å². The van der Waals surface area contributed by atoms with Gasteiger partial charge < -0.3 is 9.47 Å². The van der Waals surface area contributed by atoms with E-state index in [4.69, 9.17) is 9.47 Å². The molecule has 0 N–H and O–H groups in total. The second kappa shape index (κ2) is 11.3. The Morgan fingerprint density at radius 3 is 1.68 bits per heavy atom. The van der Waals surface area contributed by atoms with Gasteiger partial charge in [0.25, 0.3) is 0 Å². The lowest BCUT2D eigenvalue weighted by atomic mass is 9.59. The summed E-state index contributed by atoms with van der Waals surface area (Å²) in [5.41, 5.74) is -1.10. The second-order valence-electron chi connectivity index (χ2n) is 12.8. The smallest absolute Gasteiger partial charge is 0.312 e. The van der Waals surface area contributed by atoms with E-state index in [1.54, 1.807) is 0 Å².